The molecular weight excluding hydrogens is 516 g/mol. The number of benzene rings is 2. The number of ketones is 1. The highest BCUT2D eigenvalue weighted by atomic mass is 16.5. The number of para-hydroxylation sites is 1. The number of aromatic nitrogens is 2. The number of amides is 3. The summed E-state index contributed by atoms with van der Waals surface area (Å²) in [7, 11) is 1.49. The first-order valence-corrected chi connectivity index (χ1v) is 12.6. The van der Waals surface area contributed by atoms with Crippen molar-refractivity contribution >= 4 is 35.1 Å². The van der Waals surface area contributed by atoms with Crippen LogP contribution in [-0.4, -0.2) is 58.3 Å². The summed E-state index contributed by atoms with van der Waals surface area (Å²) in [6.45, 7) is 5.33. The maximum Gasteiger partial charge on any atom is 0.328 e. The monoisotopic (exact) mass is 550 g/mol. The topological polar surface area (TPSA) is 164 Å². The van der Waals surface area contributed by atoms with Gasteiger partial charge < -0.3 is 31.1 Å². The molecule has 212 valence electrons. The van der Waals surface area contributed by atoms with Gasteiger partial charge in [-0.1, -0.05) is 24.3 Å². The van der Waals surface area contributed by atoms with Crippen molar-refractivity contribution in [1.82, 2.24) is 20.4 Å². The van der Waals surface area contributed by atoms with Crippen LogP contribution in [0.2, 0.25) is 0 Å². The average Bonchev–Trinajstić information content (AvgIpc) is 3.24. The number of Topliss-reactive ketones (excluding diaryl/α,β-unsaturated/α-hetero) is 1. The molecule has 0 spiro atoms. The third-order valence-electron chi connectivity index (χ3n) is 6.00. The molecule has 40 heavy (non-hydrogen) atoms. The molecule has 1 aromatic heterocycles. The van der Waals surface area contributed by atoms with Crippen molar-refractivity contribution < 1.29 is 29.0 Å². The number of ether oxygens (including phenoxy) is 1. The van der Waals surface area contributed by atoms with Gasteiger partial charge in [-0.15, -0.1) is 0 Å². The highest BCUT2D eigenvalue weighted by Gasteiger charge is 2.20. The maximum absolute atomic E-state index is 12.6. The number of anilines is 2. The molecule has 0 bridgehead atoms. The summed E-state index contributed by atoms with van der Waals surface area (Å²) in [6, 6.07) is 12.9. The Morgan fingerprint density at radius 3 is 2.42 bits per heavy atom. The zero-order valence-electron chi connectivity index (χ0n) is 22.9. The van der Waals surface area contributed by atoms with E-state index < -0.39 is 23.9 Å². The number of methoxy groups -OCH3 is 1. The van der Waals surface area contributed by atoms with Crippen LogP contribution in [0.5, 0.6) is 5.75 Å². The molecule has 1 atom stereocenters. The predicted octanol–water partition coefficient (Wildman–Crippen LogP) is 2.64. The lowest BCUT2D eigenvalue weighted by atomic mass is 10.1. The summed E-state index contributed by atoms with van der Waals surface area (Å²) in [5, 5.41) is 24.7. The Labute approximate surface area is 232 Å². The Morgan fingerprint density at radius 2 is 1.75 bits per heavy atom. The van der Waals surface area contributed by atoms with Gasteiger partial charge in [-0.05, 0) is 49.2 Å². The molecule has 0 aliphatic heterocycles. The van der Waals surface area contributed by atoms with Gasteiger partial charge in [0.2, 0.25) is 5.91 Å². The number of rotatable bonds is 13. The Morgan fingerprint density at radius 1 is 1.02 bits per heavy atom. The molecule has 3 rings (SSSR count). The zero-order valence-corrected chi connectivity index (χ0v) is 22.9. The van der Waals surface area contributed by atoms with Crippen LogP contribution in [0.4, 0.5) is 16.2 Å². The third-order valence-corrected chi connectivity index (χ3v) is 6.00. The number of nitrogens with one attached hydrogen (secondary N) is 4. The van der Waals surface area contributed by atoms with E-state index >= 15 is 0 Å². The number of carboxylic acid groups (broad SMARTS) is 1. The molecule has 0 saturated heterocycles. The van der Waals surface area contributed by atoms with Gasteiger partial charge in [0.1, 0.15) is 11.8 Å². The first-order chi connectivity index (χ1) is 19.0. The SMILES string of the molecule is COc1cc(CC(=O)CNCc2cc(C)n(CC(NC(C)=O)C(=O)O)n2)ccc1NC(=O)Nc1ccccc1C. The van der Waals surface area contributed by atoms with E-state index in [9.17, 15) is 24.3 Å². The normalized spacial score (nSPS) is 11.4. The molecule has 12 nitrogen and oxygen atoms in total. The van der Waals surface area contributed by atoms with Gasteiger partial charge >= 0.3 is 12.0 Å². The molecule has 1 heterocycles. The number of aryl methyl sites for hydroxylation is 2. The molecule has 5 N–H and O–H groups in total. The van der Waals surface area contributed by atoms with Crippen LogP contribution in [0.1, 0.15) is 29.4 Å². The van der Waals surface area contributed by atoms with E-state index in [4.69, 9.17) is 4.74 Å². The lowest BCUT2D eigenvalue weighted by Crippen LogP contribution is -2.43. The Kier molecular flexibility index (Phi) is 10.4. The Bertz CT molecular complexity index is 1390. The minimum absolute atomic E-state index is 0.0140. The van der Waals surface area contributed by atoms with Crippen molar-refractivity contribution in [3.8, 4) is 5.75 Å². The van der Waals surface area contributed by atoms with E-state index in [-0.39, 0.29) is 25.3 Å². The molecule has 12 heteroatoms. The highest BCUT2D eigenvalue weighted by Crippen LogP contribution is 2.26. The molecule has 3 amide bonds. The van der Waals surface area contributed by atoms with Gasteiger partial charge in [0.15, 0.2) is 5.78 Å². The first kappa shape index (κ1) is 29.8. The average molecular weight is 551 g/mol. The summed E-state index contributed by atoms with van der Waals surface area (Å²) in [4.78, 5) is 47.7. The maximum atomic E-state index is 12.6. The Balaban J connectivity index is 1.51. The van der Waals surface area contributed by atoms with Crippen molar-refractivity contribution in [3.05, 3.63) is 71.0 Å². The number of nitrogens with zero attached hydrogens (tertiary/aromatic N) is 2. The lowest BCUT2D eigenvalue weighted by molar-refractivity contribution is -0.142. The second kappa shape index (κ2) is 13.9. The van der Waals surface area contributed by atoms with Crippen LogP contribution in [0, 0.1) is 13.8 Å². The summed E-state index contributed by atoms with van der Waals surface area (Å²) >= 11 is 0. The van der Waals surface area contributed by atoms with E-state index in [1.165, 1.54) is 18.7 Å². The number of carboxylic acids is 1. The van der Waals surface area contributed by atoms with Gasteiger partial charge in [-0.25, -0.2) is 9.59 Å². The van der Waals surface area contributed by atoms with Crippen LogP contribution in [-0.2, 0) is 33.9 Å². The summed E-state index contributed by atoms with van der Waals surface area (Å²) < 4.78 is 6.93. The fraction of sp³-hybridized carbons (Fsp3) is 0.321. The number of hydrogen-bond donors (Lipinski definition) is 5. The number of hydrogen-bond acceptors (Lipinski definition) is 7. The van der Waals surface area contributed by atoms with Crippen LogP contribution in [0.25, 0.3) is 0 Å². The van der Waals surface area contributed by atoms with Gasteiger partial charge in [0, 0.05) is 31.3 Å². The number of carbonyl (C=O) groups excluding carboxylic acids is 3. The van der Waals surface area contributed by atoms with Crippen molar-refractivity contribution in [2.75, 3.05) is 24.3 Å². The Hall–Kier alpha value is -4.71. The zero-order chi connectivity index (χ0) is 29.2. The largest absolute Gasteiger partial charge is 0.495 e. The third kappa shape index (κ3) is 8.67. The van der Waals surface area contributed by atoms with Crippen molar-refractivity contribution in [1.29, 1.82) is 0 Å². The van der Waals surface area contributed by atoms with Crippen LogP contribution in [0.15, 0.2) is 48.5 Å². The molecule has 1 unspecified atom stereocenters. The highest BCUT2D eigenvalue weighted by molar-refractivity contribution is 6.01. The van der Waals surface area contributed by atoms with Crippen LogP contribution in [0.3, 0.4) is 0 Å². The predicted molar refractivity (Wildman–Crippen MR) is 149 cm³/mol. The molecular formula is C28H34N6O6. The quantitative estimate of drug-likeness (QED) is 0.217. The molecule has 0 fully saturated rings. The number of aliphatic carboxylic acids is 1. The van der Waals surface area contributed by atoms with Crippen molar-refractivity contribution in [3.63, 3.8) is 0 Å². The molecule has 3 aromatic rings. The van der Waals surface area contributed by atoms with Gasteiger partial charge in [0.25, 0.3) is 0 Å². The summed E-state index contributed by atoms with van der Waals surface area (Å²) in [5.74, 6) is -1.22. The fourth-order valence-electron chi connectivity index (χ4n) is 4.01. The second-order valence-corrected chi connectivity index (χ2v) is 9.30. The second-order valence-electron chi connectivity index (χ2n) is 9.30. The molecule has 2 aromatic carbocycles. The molecule has 0 aliphatic carbocycles. The van der Waals surface area contributed by atoms with Gasteiger partial charge in [-0.3, -0.25) is 14.3 Å². The van der Waals surface area contributed by atoms with E-state index in [1.54, 1.807) is 31.2 Å². The van der Waals surface area contributed by atoms with Crippen LogP contribution >= 0.6 is 0 Å². The van der Waals surface area contributed by atoms with E-state index in [2.05, 4.69) is 26.4 Å². The molecule has 0 saturated carbocycles. The smallest absolute Gasteiger partial charge is 0.328 e. The molecule has 0 aliphatic rings. The lowest BCUT2D eigenvalue weighted by Gasteiger charge is -2.14. The van der Waals surface area contributed by atoms with Crippen molar-refractivity contribution in [2.45, 2.75) is 46.3 Å². The van der Waals surface area contributed by atoms with Gasteiger partial charge in [-0.2, -0.15) is 5.10 Å². The number of urea groups is 1. The molecule has 0 radical (unpaired) electrons. The van der Waals surface area contributed by atoms with Gasteiger partial charge in [0.05, 0.1) is 31.6 Å². The number of carbonyl (C=O) groups is 4. The standard InChI is InChI=1S/C28H34N6O6/c1-17-7-5-6-8-23(17)31-28(39)32-24-10-9-20(13-26(24)40-4)12-22(36)15-29-14-21-11-18(2)34(33-21)16-25(27(37)38)30-19(3)35/h5-11,13,25,29H,12,14-16H2,1-4H3,(H,30,35)(H,37,38)(H2,31,32,39). The summed E-state index contributed by atoms with van der Waals surface area (Å²) in [5.41, 5.74) is 4.20. The first-order valence-electron chi connectivity index (χ1n) is 12.6. The fourth-order valence-corrected chi connectivity index (χ4v) is 4.01. The minimum atomic E-state index is -1.15. The van der Waals surface area contributed by atoms with Crippen molar-refractivity contribution in [2.24, 2.45) is 0 Å². The summed E-state index contributed by atoms with van der Waals surface area (Å²) in [6.07, 6.45) is 0.156. The van der Waals surface area contributed by atoms with Crippen LogP contribution < -0.4 is 26.0 Å². The van der Waals surface area contributed by atoms with E-state index in [0.717, 1.165) is 16.8 Å². The van der Waals surface area contributed by atoms with E-state index in [0.29, 0.717) is 29.4 Å². The minimum Gasteiger partial charge on any atom is -0.495 e. The van der Waals surface area contributed by atoms with E-state index in [1.807, 2.05) is 31.2 Å².